The van der Waals surface area contributed by atoms with E-state index >= 15 is 0 Å². The second kappa shape index (κ2) is 9.28. The van der Waals surface area contributed by atoms with Crippen LogP contribution in [0.5, 0.6) is 0 Å². The summed E-state index contributed by atoms with van der Waals surface area (Å²) < 4.78 is 2.45. The van der Waals surface area contributed by atoms with Crippen LogP contribution in [0.3, 0.4) is 0 Å². The number of hydrogen-bond acceptors (Lipinski definition) is 4. The zero-order chi connectivity index (χ0) is 20.9. The molecule has 1 N–H and O–H groups in total. The summed E-state index contributed by atoms with van der Waals surface area (Å²) in [5.74, 6) is -0.0264. The van der Waals surface area contributed by atoms with E-state index in [0.717, 1.165) is 10.0 Å². The molecule has 1 aromatic heterocycles. The zero-order valence-electron chi connectivity index (χ0n) is 15.9. The summed E-state index contributed by atoms with van der Waals surface area (Å²) in [7, 11) is 0. The molecule has 0 saturated heterocycles. The van der Waals surface area contributed by atoms with Gasteiger partial charge >= 0.3 is 0 Å². The lowest BCUT2D eigenvalue weighted by molar-refractivity contribution is -0.113. The Bertz CT molecular complexity index is 1260. The molecule has 30 heavy (non-hydrogen) atoms. The minimum Gasteiger partial charge on any atom is -0.324 e. The van der Waals surface area contributed by atoms with Gasteiger partial charge < -0.3 is 5.32 Å². The minimum absolute atomic E-state index is 0.113. The van der Waals surface area contributed by atoms with Crippen LogP contribution in [0.15, 0.2) is 93.3 Å². The minimum atomic E-state index is -0.166. The largest absolute Gasteiger partial charge is 0.324 e. The van der Waals surface area contributed by atoms with Crippen LogP contribution in [-0.4, -0.2) is 21.2 Å². The standard InChI is InChI=1S/C23H18BrN3O2S/c24-18-11-5-7-13-20(18)25-21(28)15-30-23-26-19-12-6-4-10-17(19)22(29)27(23)14-16-8-2-1-3-9-16/h1-13H,14-15H2,(H,25,28). The highest BCUT2D eigenvalue weighted by molar-refractivity contribution is 9.10. The Morgan fingerprint density at radius 2 is 1.67 bits per heavy atom. The molecule has 3 aromatic carbocycles. The summed E-state index contributed by atoms with van der Waals surface area (Å²) in [5.41, 5.74) is 2.21. The molecule has 0 aliphatic rings. The maximum atomic E-state index is 13.1. The van der Waals surface area contributed by atoms with Gasteiger partial charge in [0.15, 0.2) is 5.16 Å². The highest BCUT2D eigenvalue weighted by atomic mass is 79.9. The van der Waals surface area contributed by atoms with Crippen LogP contribution < -0.4 is 10.9 Å². The molecular formula is C23H18BrN3O2S. The highest BCUT2D eigenvalue weighted by Gasteiger charge is 2.14. The molecule has 4 rings (SSSR count). The first-order valence-corrected chi connectivity index (χ1v) is 11.1. The molecule has 0 bridgehead atoms. The number of thioether (sulfide) groups is 1. The Kier molecular flexibility index (Phi) is 6.30. The van der Waals surface area contributed by atoms with Crippen molar-refractivity contribution in [3.63, 3.8) is 0 Å². The van der Waals surface area contributed by atoms with Crippen molar-refractivity contribution >= 4 is 50.2 Å². The number of fused-ring (bicyclic) bond motifs is 1. The van der Waals surface area contributed by atoms with E-state index in [1.54, 1.807) is 10.6 Å². The molecule has 7 heteroatoms. The summed E-state index contributed by atoms with van der Waals surface area (Å²) >= 11 is 4.68. The predicted molar refractivity (Wildman–Crippen MR) is 125 cm³/mol. The molecule has 0 unspecified atom stereocenters. The number of nitrogens with zero attached hydrogens (tertiary/aromatic N) is 2. The third-order valence-electron chi connectivity index (χ3n) is 4.49. The van der Waals surface area contributed by atoms with Crippen molar-refractivity contribution in [1.82, 2.24) is 9.55 Å². The van der Waals surface area contributed by atoms with Crippen molar-refractivity contribution < 1.29 is 4.79 Å². The van der Waals surface area contributed by atoms with Crippen LogP contribution in [0, 0.1) is 0 Å². The summed E-state index contributed by atoms with van der Waals surface area (Å²) in [4.78, 5) is 30.3. The van der Waals surface area contributed by atoms with Crippen molar-refractivity contribution in [2.75, 3.05) is 11.1 Å². The van der Waals surface area contributed by atoms with Crippen molar-refractivity contribution in [3.05, 3.63) is 99.3 Å². The number of nitrogens with one attached hydrogen (secondary N) is 1. The SMILES string of the molecule is O=C(CSc1nc2ccccc2c(=O)n1Cc1ccccc1)Nc1ccccc1Br. The number of carbonyl (C=O) groups excluding carboxylic acids is 1. The number of para-hydroxylation sites is 2. The van der Waals surface area contributed by atoms with Gasteiger partial charge in [-0.25, -0.2) is 4.98 Å². The molecule has 0 saturated carbocycles. The predicted octanol–water partition coefficient (Wildman–Crippen LogP) is 4.94. The quantitative estimate of drug-likeness (QED) is 0.314. The monoisotopic (exact) mass is 479 g/mol. The molecule has 0 spiro atoms. The van der Waals surface area contributed by atoms with E-state index < -0.39 is 0 Å². The molecule has 0 radical (unpaired) electrons. The fourth-order valence-corrected chi connectivity index (χ4v) is 4.22. The van der Waals surface area contributed by atoms with Gasteiger partial charge in [0.25, 0.3) is 5.56 Å². The van der Waals surface area contributed by atoms with E-state index in [1.165, 1.54) is 11.8 Å². The first kappa shape index (κ1) is 20.4. The van der Waals surface area contributed by atoms with E-state index in [2.05, 4.69) is 26.2 Å². The number of anilines is 1. The Morgan fingerprint density at radius 1 is 0.967 bits per heavy atom. The number of halogens is 1. The summed E-state index contributed by atoms with van der Waals surface area (Å²) in [6.45, 7) is 0.395. The number of aromatic nitrogens is 2. The lowest BCUT2D eigenvalue weighted by Crippen LogP contribution is -2.24. The molecule has 4 aromatic rings. The fraction of sp³-hybridized carbons (Fsp3) is 0.0870. The maximum Gasteiger partial charge on any atom is 0.262 e. The second-order valence-corrected chi connectivity index (χ2v) is 8.40. The van der Waals surface area contributed by atoms with E-state index in [4.69, 9.17) is 0 Å². The number of amides is 1. The normalized spacial score (nSPS) is 10.8. The smallest absolute Gasteiger partial charge is 0.262 e. The number of benzene rings is 3. The van der Waals surface area contributed by atoms with E-state index in [0.29, 0.717) is 28.3 Å². The van der Waals surface area contributed by atoms with E-state index in [1.807, 2.05) is 72.8 Å². The molecule has 1 amide bonds. The molecular weight excluding hydrogens is 462 g/mol. The van der Waals surface area contributed by atoms with Crippen LogP contribution in [-0.2, 0) is 11.3 Å². The van der Waals surface area contributed by atoms with Crippen LogP contribution in [0.4, 0.5) is 5.69 Å². The Labute approximate surface area is 186 Å². The first-order chi connectivity index (χ1) is 14.6. The van der Waals surface area contributed by atoms with Crippen molar-refractivity contribution in [1.29, 1.82) is 0 Å². The molecule has 0 atom stereocenters. The van der Waals surface area contributed by atoms with Gasteiger partial charge in [-0.3, -0.25) is 14.2 Å². The molecule has 150 valence electrons. The van der Waals surface area contributed by atoms with Gasteiger partial charge in [0.1, 0.15) is 0 Å². The van der Waals surface area contributed by atoms with E-state index in [-0.39, 0.29) is 17.2 Å². The average Bonchev–Trinajstić information content (AvgIpc) is 2.77. The van der Waals surface area contributed by atoms with Gasteiger partial charge in [0.05, 0.1) is 28.9 Å². The van der Waals surface area contributed by atoms with Gasteiger partial charge in [-0.05, 0) is 45.8 Å². The Morgan fingerprint density at radius 3 is 2.47 bits per heavy atom. The zero-order valence-corrected chi connectivity index (χ0v) is 18.3. The topological polar surface area (TPSA) is 64.0 Å². The first-order valence-electron chi connectivity index (χ1n) is 9.32. The Balaban J connectivity index is 1.62. The van der Waals surface area contributed by atoms with Crippen LogP contribution in [0.25, 0.3) is 10.9 Å². The lowest BCUT2D eigenvalue weighted by atomic mass is 10.2. The molecule has 1 heterocycles. The maximum absolute atomic E-state index is 13.1. The third kappa shape index (κ3) is 4.63. The van der Waals surface area contributed by atoms with Gasteiger partial charge in [0, 0.05) is 4.47 Å². The average molecular weight is 480 g/mol. The summed E-state index contributed by atoms with van der Waals surface area (Å²) in [6, 6.07) is 24.5. The Hall–Kier alpha value is -2.90. The molecule has 0 aliphatic heterocycles. The van der Waals surface area contributed by atoms with Crippen LogP contribution in [0.2, 0.25) is 0 Å². The van der Waals surface area contributed by atoms with Gasteiger partial charge in [-0.1, -0.05) is 66.4 Å². The van der Waals surface area contributed by atoms with Crippen molar-refractivity contribution in [2.24, 2.45) is 0 Å². The van der Waals surface area contributed by atoms with E-state index in [9.17, 15) is 9.59 Å². The third-order valence-corrected chi connectivity index (χ3v) is 6.16. The van der Waals surface area contributed by atoms with Crippen LogP contribution in [0.1, 0.15) is 5.56 Å². The second-order valence-electron chi connectivity index (χ2n) is 6.61. The number of hydrogen-bond donors (Lipinski definition) is 1. The van der Waals surface area contributed by atoms with Gasteiger partial charge in [0.2, 0.25) is 5.91 Å². The lowest BCUT2D eigenvalue weighted by Gasteiger charge is -2.13. The van der Waals surface area contributed by atoms with Crippen molar-refractivity contribution in [3.8, 4) is 0 Å². The number of rotatable bonds is 6. The molecule has 5 nitrogen and oxygen atoms in total. The van der Waals surface area contributed by atoms with Gasteiger partial charge in [-0.15, -0.1) is 0 Å². The van der Waals surface area contributed by atoms with Crippen LogP contribution >= 0.6 is 27.7 Å². The molecule has 0 fully saturated rings. The van der Waals surface area contributed by atoms with Gasteiger partial charge in [-0.2, -0.15) is 0 Å². The number of carbonyl (C=O) groups is 1. The van der Waals surface area contributed by atoms with Crippen molar-refractivity contribution in [2.45, 2.75) is 11.7 Å². The highest BCUT2D eigenvalue weighted by Crippen LogP contribution is 2.23. The summed E-state index contributed by atoms with van der Waals surface area (Å²) in [5, 5.41) is 3.96. The summed E-state index contributed by atoms with van der Waals surface area (Å²) in [6.07, 6.45) is 0. The molecule has 0 aliphatic carbocycles. The fourth-order valence-electron chi connectivity index (χ4n) is 3.04.